The van der Waals surface area contributed by atoms with Crippen LogP contribution in [-0.4, -0.2) is 38.6 Å². The minimum absolute atomic E-state index is 0.0706. The van der Waals surface area contributed by atoms with Crippen LogP contribution in [0.2, 0.25) is 0 Å². The zero-order chi connectivity index (χ0) is 26.2. The van der Waals surface area contributed by atoms with Gasteiger partial charge in [0, 0.05) is 17.3 Å². The zero-order valence-corrected chi connectivity index (χ0v) is 19.6. The van der Waals surface area contributed by atoms with Crippen LogP contribution in [0.4, 0.5) is 23.2 Å². The number of hydrogen-bond donors (Lipinski definition) is 0. The first kappa shape index (κ1) is 24.4. The molecule has 0 radical (unpaired) electrons. The van der Waals surface area contributed by atoms with E-state index in [0.29, 0.717) is 27.7 Å². The maximum absolute atomic E-state index is 14.5. The molecule has 0 aliphatic carbocycles. The van der Waals surface area contributed by atoms with Gasteiger partial charge >= 0.3 is 6.18 Å². The number of ether oxygens (including phenoxy) is 1. The Hall–Kier alpha value is -4.28. The first-order valence-electron chi connectivity index (χ1n) is 11.5. The molecule has 37 heavy (non-hydrogen) atoms. The Labute approximate surface area is 209 Å². The van der Waals surface area contributed by atoms with Crippen molar-refractivity contribution in [1.29, 1.82) is 0 Å². The first-order valence-corrected chi connectivity index (χ1v) is 11.5. The molecule has 190 valence electrons. The summed E-state index contributed by atoms with van der Waals surface area (Å²) in [5.41, 5.74) is 1.83. The quantitative estimate of drug-likeness (QED) is 0.323. The molecular formula is C26H21F4N5O2. The molecule has 7 nitrogen and oxygen atoms in total. The molecule has 3 heterocycles. The number of amides is 1. The van der Waals surface area contributed by atoms with E-state index in [4.69, 9.17) is 4.74 Å². The van der Waals surface area contributed by atoms with Crippen LogP contribution in [0.1, 0.15) is 23.7 Å². The molecular weight excluding hydrogens is 490 g/mol. The number of carbonyl (C=O) groups is 1. The van der Waals surface area contributed by atoms with Crippen molar-refractivity contribution in [2.75, 3.05) is 11.4 Å². The molecule has 4 aromatic rings. The van der Waals surface area contributed by atoms with E-state index < -0.39 is 30.5 Å². The normalized spacial score (nSPS) is 15.9. The Morgan fingerprint density at radius 2 is 1.86 bits per heavy atom. The number of anilines is 1. The summed E-state index contributed by atoms with van der Waals surface area (Å²) in [5.74, 6) is -0.280. The fraction of sp³-hybridized carbons (Fsp3) is 0.231. The summed E-state index contributed by atoms with van der Waals surface area (Å²) in [5, 5.41) is 8.15. The second-order valence-electron chi connectivity index (χ2n) is 8.63. The lowest BCUT2D eigenvalue weighted by Gasteiger charge is -2.26. The molecule has 11 heteroatoms. The van der Waals surface area contributed by atoms with Crippen LogP contribution < -0.4 is 9.64 Å². The van der Waals surface area contributed by atoms with Gasteiger partial charge in [-0.05, 0) is 68.3 Å². The highest BCUT2D eigenvalue weighted by Gasteiger charge is 2.40. The van der Waals surface area contributed by atoms with E-state index in [0.717, 1.165) is 5.69 Å². The SMILES string of the molecule is Cc1ncccc1Oc1ccc(-c2cn(C3CCc4c(F)cccc4N(CC(F)(F)F)C3=O)nn2)cc1. The third-order valence-corrected chi connectivity index (χ3v) is 6.11. The standard InChI is InChI=1S/C26H21F4N5O2/c1-16-24(6-3-13-31-16)37-18-9-7-17(8-10-18)21-14-35(33-32-21)23-12-11-19-20(27)4-2-5-22(19)34(25(23)36)15-26(28,29)30/h2-10,13-14,23H,11-12,15H2,1H3. The number of pyridine rings is 1. The van der Waals surface area contributed by atoms with Crippen molar-refractivity contribution in [3.05, 3.63) is 84.1 Å². The summed E-state index contributed by atoms with van der Waals surface area (Å²) in [6, 6.07) is 13.3. The van der Waals surface area contributed by atoms with Crippen molar-refractivity contribution in [2.45, 2.75) is 32.0 Å². The number of alkyl halides is 3. The Morgan fingerprint density at radius 1 is 1.08 bits per heavy atom. The largest absolute Gasteiger partial charge is 0.455 e. The Balaban J connectivity index is 1.40. The smallest absolute Gasteiger partial charge is 0.406 e. The average Bonchev–Trinajstić information content (AvgIpc) is 3.30. The number of carbonyl (C=O) groups excluding carboxylic acids is 1. The summed E-state index contributed by atoms with van der Waals surface area (Å²) < 4.78 is 61.6. The van der Waals surface area contributed by atoms with Gasteiger partial charge in [-0.15, -0.1) is 5.10 Å². The summed E-state index contributed by atoms with van der Waals surface area (Å²) in [7, 11) is 0. The number of fused-ring (bicyclic) bond motifs is 1. The molecule has 2 aromatic carbocycles. The van der Waals surface area contributed by atoms with Crippen LogP contribution in [0.25, 0.3) is 11.3 Å². The fourth-order valence-electron chi connectivity index (χ4n) is 4.30. The third kappa shape index (κ3) is 5.16. The summed E-state index contributed by atoms with van der Waals surface area (Å²) in [6.07, 6.45) is -1.35. The van der Waals surface area contributed by atoms with Gasteiger partial charge in [-0.3, -0.25) is 9.78 Å². The van der Waals surface area contributed by atoms with E-state index in [1.165, 1.54) is 29.1 Å². The molecule has 2 aromatic heterocycles. The number of nitrogens with zero attached hydrogens (tertiary/aromatic N) is 5. The van der Waals surface area contributed by atoms with Crippen LogP contribution in [0.15, 0.2) is 67.0 Å². The number of aryl methyl sites for hydroxylation is 1. The van der Waals surface area contributed by atoms with Gasteiger partial charge < -0.3 is 9.64 Å². The molecule has 0 bridgehead atoms. The van der Waals surface area contributed by atoms with Crippen LogP contribution in [0.5, 0.6) is 11.5 Å². The molecule has 1 amide bonds. The number of rotatable bonds is 5. The van der Waals surface area contributed by atoms with Gasteiger partial charge in [0.05, 0.1) is 17.6 Å². The van der Waals surface area contributed by atoms with Crippen LogP contribution in [0.3, 0.4) is 0 Å². The van der Waals surface area contributed by atoms with Crippen molar-refractivity contribution in [3.63, 3.8) is 0 Å². The summed E-state index contributed by atoms with van der Waals surface area (Å²) >= 11 is 0. The van der Waals surface area contributed by atoms with Gasteiger partial charge in [0.2, 0.25) is 0 Å². The highest BCUT2D eigenvalue weighted by molar-refractivity contribution is 5.97. The molecule has 1 unspecified atom stereocenters. The number of hydrogen-bond acceptors (Lipinski definition) is 5. The zero-order valence-electron chi connectivity index (χ0n) is 19.6. The fourth-order valence-corrected chi connectivity index (χ4v) is 4.30. The molecule has 0 saturated carbocycles. The van der Waals surface area contributed by atoms with E-state index in [2.05, 4.69) is 15.3 Å². The molecule has 0 saturated heterocycles. The number of aromatic nitrogens is 4. The Morgan fingerprint density at radius 3 is 2.59 bits per heavy atom. The van der Waals surface area contributed by atoms with Gasteiger partial charge in [-0.1, -0.05) is 11.3 Å². The lowest BCUT2D eigenvalue weighted by atomic mass is 10.1. The van der Waals surface area contributed by atoms with Crippen molar-refractivity contribution in [2.24, 2.45) is 0 Å². The number of halogens is 4. The minimum Gasteiger partial charge on any atom is -0.455 e. The molecule has 1 atom stereocenters. The predicted octanol–water partition coefficient (Wildman–Crippen LogP) is 5.66. The molecule has 0 fully saturated rings. The first-order chi connectivity index (χ1) is 17.7. The maximum atomic E-state index is 14.5. The molecule has 0 spiro atoms. The number of benzene rings is 2. The van der Waals surface area contributed by atoms with Gasteiger partial charge in [0.1, 0.15) is 35.6 Å². The lowest BCUT2D eigenvalue weighted by Crippen LogP contribution is -2.42. The highest BCUT2D eigenvalue weighted by atomic mass is 19.4. The summed E-state index contributed by atoms with van der Waals surface area (Å²) in [6.45, 7) is 0.303. The summed E-state index contributed by atoms with van der Waals surface area (Å²) in [4.78, 5) is 18.1. The van der Waals surface area contributed by atoms with Crippen molar-refractivity contribution in [3.8, 4) is 22.8 Å². The van der Waals surface area contributed by atoms with Crippen molar-refractivity contribution in [1.82, 2.24) is 20.0 Å². The van der Waals surface area contributed by atoms with Gasteiger partial charge in [-0.2, -0.15) is 13.2 Å². The van der Waals surface area contributed by atoms with Gasteiger partial charge in [-0.25, -0.2) is 9.07 Å². The van der Waals surface area contributed by atoms with Gasteiger partial charge in [0.25, 0.3) is 5.91 Å². The van der Waals surface area contributed by atoms with E-state index in [-0.39, 0.29) is 24.1 Å². The van der Waals surface area contributed by atoms with Crippen molar-refractivity contribution < 1.29 is 27.1 Å². The minimum atomic E-state index is -4.67. The van der Waals surface area contributed by atoms with Crippen LogP contribution in [0, 0.1) is 12.7 Å². The average molecular weight is 511 g/mol. The monoisotopic (exact) mass is 511 g/mol. The van der Waals surface area contributed by atoms with Crippen LogP contribution >= 0.6 is 0 Å². The van der Waals surface area contributed by atoms with Crippen molar-refractivity contribution >= 4 is 11.6 Å². The lowest BCUT2D eigenvalue weighted by molar-refractivity contribution is -0.134. The Kier molecular flexibility index (Phi) is 6.36. The molecule has 1 aliphatic rings. The molecule has 1 aliphatic heterocycles. The van der Waals surface area contributed by atoms with E-state index >= 15 is 0 Å². The Bertz CT molecular complexity index is 1440. The second kappa shape index (κ2) is 9.64. The predicted molar refractivity (Wildman–Crippen MR) is 127 cm³/mol. The maximum Gasteiger partial charge on any atom is 0.406 e. The second-order valence-corrected chi connectivity index (χ2v) is 8.63. The van der Waals surface area contributed by atoms with Gasteiger partial charge in [0.15, 0.2) is 0 Å². The molecule has 0 N–H and O–H groups in total. The highest BCUT2D eigenvalue weighted by Crippen LogP contribution is 2.35. The topological polar surface area (TPSA) is 73.1 Å². The molecule has 5 rings (SSSR count). The third-order valence-electron chi connectivity index (χ3n) is 6.11. The van der Waals surface area contributed by atoms with E-state index in [1.807, 2.05) is 6.92 Å². The van der Waals surface area contributed by atoms with E-state index in [9.17, 15) is 22.4 Å². The van der Waals surface area contributed by atoms with E-state index in [1.54, 1.807) is 42.6 Å². The van der Waals surface area contributed by atoms with Crippen LogP contribution in [-0.2, 0) is 11.2 Å².